The van der Waals surface area contributed by atoms with Gasteiger partial charge in [-0.15, -0.1) is 0 Å². The fourth-order valence-electron chi connectivity index (χ4n) is 0.206. The van der Waals surface area contributed by atoms with Crippen molar-refractivity contribution in [2.75, 3.05) is 6.61 Å². The van der Waals surface area contributed by atoms with Crippen molar-refractivity contribution in [3.63, 3.8) is 0 Å². The molecule has 4 nitrogen and oxygen atoms in total. The molecule has 1 radical (unpaired) electrons. The molecule has 0 unspecified atom stereocenters. The lowest BCUT2D eigenvalue weighted by atomic mass is 10.7. The highest BCUT2D eigenvalue weighted by molar-refractivity contribution is 5.77. The van der Waals surface area contributed by atoms with Gasteiger partial charge in [-0.1, -0.05) is 0 Å². The molecule has 0 aromatic rings. The lowest BCUT2D eigenvalue weighted by Crippen LogP contribution is -2.19. The minimum Gasteiger partial charge on any atom is -0.271 e. The van der Waals surface area contributed by atoms with Crippen molar-refractivity contribution in [3.05, 3.63) is 0 Å². The normalized spacial score (nSPS) is 21.0. The molecule has 1 amide bonds. The van der Waals surface area contributed by atoms with Crippen LogP contribution in [0.3, 0.4) is 0 Å². The molecule has 0 spiro atoms. The number of carbonyl (C=O) groups is 1. The molecule has 0 aromatic carbocycles. The van der Waals surface area contributed by atoms with Crippen molar-refractivity contribution in [2.45, 2.75) is 0 Å². The number of hydrogen-bond acceptors (Lipinski definition) is 2. The van der Waals surface area contributed by atoms with E-state index in [-0.39, 0.29) is 12.5 Å². The van der Waals surface area contributed by atoms with Crippen molar-refractivity contribution >= 4 is 5.91 Å². The van der Waals surface area contributed by atoms with Gasteiger partial charge in [0.2, 0.25) is 0 Å². The molecule has 1 rings (SSSR count). The molecule has 1 heterocycles. The first-order valence-corrected chi connectivity index (χ1v) is 1.50. The third-order valence-electron chi connectivity index (χ3n) is 0.431. The standard InChI is InChI=1S/C2H3N2O2/c5-2-1-6-4-3-2/h1H2,(H,3,5). The largest absolute Gasteiger partial charge is 0.271 e. The molecule has 6 heavy (non-hydrogen) atoms. The van der Waals surface area contributed by atoms with Gasteiger partial charge in [-0.3, -0.25) is 9.63 Å². The lowest BCUT2D eigenvalue weighted by Gasteiger charge is -1.75. The molecular weight excluding hydrogens is 84.0 g/mol. The summed E-state index contributed by atoms with van der Waals surface area (Å²) in [4.78, 5) is 14.1. The summed E-state index contributed by atoms with van der Waals surface area (Å²) in [6, 6.07) is 0. The van der Waals surface area contributed by atoms with E-state index >= 15 is 0 Å². The van der Waals surface area contributed by atoms with Crippen LogP contribution in [0.4, 0.5) is 0 Å². The maximum atomic E-state index is 9.91. The van der Waals surface area contributed by atoms with Crippen LogP contribution in [-0.4, -0.2) is 12.5 Å². The first-order valence-electron chi connectivity index (χ1n) is 1.50. The highest BCUT2D eigenvalue weighted by atomic mass is 16.7. The Hall–Kier alpha value is -0.610. The van der Waals surface area contributed by atoms with Crippen LogP contribution in [0.2, 0.25) is 0 Å². The van der Waals surface area contributed by atoms with Gasteiger partial charge in [0.25, 0.3) is 5.91 Å². The van der Waals surface area contributed by atoms with Crippen LogP contribution in [0.1, 0.15) is 0 Å². The second-order valence-corrected chi connectivity index (χ2v) is 0.900. The predicted octanol–water partition coefficient (Wildman–Crippen LogP) is -1.43. The van der Waals surface area contributed by atoms with Crippen molar-refractivity contribution in [1.29, 1.82) is 0 Å². The Balaban J connectivity index is 2.37. The van der Waals surface area contributed by atoms with E-state index in [1.165, 1.54) is 0 Å². The van der Waals surface area contributed by atoms with Gasteiger partial charge in [0, 0.05) is 5.59 Å². The van der Waals surface area contributed by atoms with Crippen LogP contribution in [0, 0.1) is 0 Å². The van der Waals surface area contributed by atoms with Gasteiger partial charge in [0.05, 0.1) is 0 Å². The van der Waals surface area contributed by atoms with Gasteiger partial charge in [-0.05, 0) is 0 Å². The summed E-state index contributed by atoms with van der Waals surface area (Å²) < 4.78 is 0. The highest BCUT2D eigenvalue weighted by Crippen LogP contribution is 1.74. The summed E-state index contributed by atoms with van der Waals surface area (Å²) in [5.74, 6) is -0.185. The summed E-state index contributed by atoms with van der Waals surface area (Å²) in [7, 11) is 0. The molecule has 0 saturated carbocycles. The molecule has 1 saturated heterocycles. The maximum Gasteiger partial charge on any atom is 0.265 e. The predicted molar refractivity (Wildman–Crippen MR) is 16.2 cm³/mol. The number of hydrogen-bond donors (Lipinski definition) is 1. The SMILES string of the molecule is O=C1CO[N]N1. The zero-order valence-electron chi connectivity index (χ0n) is 2.97. The van der Waals surface area contributed by atoms with E-state index in [1.54, 1.807) is 0 Å². The fraction of sp³-hybridized carbons (Fsp3) is 0.500. The van der Waals surface area contributed by atoms with E-state index < -0.39 is 0 Å². The summed E-state index contributed by atoms with van der Waals surface area (Å²) >= 11 is 0. The molecule has 0 atom stereocenters. The Bertz CT molecular complexity index is 63.9. The summed E-state index contributed by atoms with van der Waals surface area (Å²) in [5, 5.41) is 0. The monoisotopic (exact) mass is 87.0 g/mol. The van der Waals surface area contributed by atoms with Crippen LogP contribution >= 0.6 is 0 Å². The minimum atomic E-state index is -0.185. The zero-order chi connectivity index (χ0) is 4.41. The molecule has 1 aliphatic rings. The molecule has 33 valence electrons. The van der Waals surface area contributed by atoms with Gasteiger partial charge in [-0.25, -0.2) is 5.43 Å². The van der Waals surface area contributed by atoms with Crippen LogP contribution in [0.25, 0.3) is 0 Å². The van der Waals surface area contributed by atoms with Crippen LogP contribution in [0.15, 0.2) is 0 Å². The third-order valence-corrected chi connectivity index (χ3v) is 0.431. The van der Waals surface area contributed by atoms with Gasteiger partial charge in [-0.2, -0.15) is 0 Å². The third kappa shape index (κ3) is 0.474. The Morgan fingerprint density at radius 1 is 2.00 bits per heavy atom. The maximum absolute atomic E-state index is 9.91. The number of carbonyl (C=O) groups excluding carboxylic acids is 1. The quantitative estimate of drug-likeness (QED) is 0.393. The molecule has 1 fully saturated rings. The van der Waals surface area contributed by atoms with Crippen molar-refractivity contribution in [3.8, 4) is 0 Å². The highest BCUT2D eigenvalue weighted by Gasteiger charge is 2.07. The van der Waals surface area contributed by atoms with Crippen molar-refractivity contribution in [2.24, 2.45) is 0 Å². The molecule has 0 aromatic heterocycles. The Labute approximate surface area is 34.4 Å². The summed E-state index contributed by atoms with van der Waals surface area (Å²) in [5.41, 5.74) is 5.15. The molecule has 0 aliphatic carbocycles. The molecule has 1 aliphatic heterocycles. The average molecular weight is 87.1 g/mol. The van der Waals surface area contributed by atoms with E-state index in [4.69, 9.17) is 0 Å². The van der Waals surface area contributed by atoms with Gasteiger partial charge >= 0.3 is 0 Å². The summed E-state index contributed by atoms with van der Waals surface area (Å²) in [6.45, 7) is 0.0694. The number of nitrogens with zero attached hydrogens (tertiary/aromatic N) is 1. The fourth-order valence-corrected chi connectivity index (χ4v) is 0.206. The van der Waals surface area contributed by atoms with Gasteiger partial charge in [0.15, 0.2) is 6.61 Å². The van der Waals surface area contributed by atoms with E-state index in [2.05, 4.69) is 15.9 Å². The van der Waals surface area contributed by atoms with Crippen molar-refractivity contribution in [1.82, 2.24) is 11.0 Å². The van der Waals surface area contributed by atoms with Crippen LogP contribution < -0.4 is 11.0 Å². The molecule has 1 N–H and O–H groups in total. The molecule has 4 heteroatoms. The number of amides is 1. The minimum absolute atomic E-state index is 0.0694. The second-order valence-electron chi connectivity index (χ2n) is 0.900. The molecular formula is C2H3N2O2. The van der Waals surface area contributed by atoms with Crippen LogP contribution in [-0.2, 0) is 9.63 Å². The summed E-state index contributed by atoms with van der Waals surface area (Å²) in [6.07, 6.45) is 0. The Morgan fingerprint density at radius 2 is 2.83 bits per heavy atom. The lowest BCUT2D eigenvalue weighted by molar-refractivity contribution is -0.119. The Kier molecular flexibility index (Phi) is 0.736. The number of rotatable bonds is 0. The van der Waals surface area contributed by atoms with E-state index in [0.717, 1.165) is 0 Å². The number of nitrogens with one attached hydrogen (secondary N) is 1. The first kappa shape index (κ1) is 3.58. The van der Waals surface area contributed by atoms with Gasteiger partial charge < -0.3 is 0 Å². The van der Waals surface area contributed by atoms with E-state index in [1.807, 2.05) is 0 Å². The van der Waals surface area contributed by atoms with Crippen molar-refractivity contribution < 1.29 is 9.63 Å². The first-order chi connectivity index (χ1) is 2.89. The smallest absolute Gasteiger partial charge is 0.265 e. The second kappa shape index (κ2) is 1.24. The van der Waals surface area contributed by atoms with Gasteiger partial charge in [0.1, 0.15) is 0 Å². The zero-order valence-corrected chi connectivity index (χ0v) is 2.97. The average Bonchev–Trinajstić information content (AvgIpc) is 1.86. The van der Waals surface area contributed by atoms with E-state index in [9.17, 15) is 4.79 Å². The molecule has 0 bridgehead atoms. The topological polar surface area (TPSA) is 52.4 Å². The van der Waals surface area contributed by atoms with E-state index in [0.29, 0.717) is 0 Å². The van der Waals surface area contributed by atoms with Crippen LogP contribution in [0.5, 0.6) is 0 Å². The Morgan fingerprint density at radius 3 is 3.00 bits per heavy atom.